The fourth-order valence-electron chi connectivity index (χ4n) is 1.90. The molecular formula is C11H10N2O. The molecule has 0 spiro atoms. The monoisotopic (exact) mass is 186 g/mol. The molecule has 0 aliphatic heterocycles. The molecule has 1 atom stereocenters. The van der Waals surface area contributed by atoms with E-state index < -0.39 is 0 Å². The summed E-state index contributed by atoms with van der Waals surface area (Å²) in [5.41, 5.74) is 3.11. The predicted octanol–water partition coefficient (Wildman–Crippen LogP) is 0.771. The Kier molecular flexibility index (Phi) is 2.19. The molecular weight excluding hydrogens is 176 g/mol. The predicted molar refractivity (Wildman–Crippen MR) is 51.6 cm³/mol. The lowest BCUT2D eigenvalue weighted by Gasteiger charge is -2.04. The summed E-state index contributed by atoms with van der Waals surface area (Å²) in [7, 11) is 0. The number of rotatable bonds is 2. The van der Waals surface area contributed by atoms with Gasteiger partial charge in [0.25, 0.3) is 0 Å². The van der Waals surface area contributed by atoms with Crippen LogP contribution < -0.4 is 5.32 Å². The van der Waals surface area contributed by atoms with Crippen molar-refractivity contribution >= 4 is 6.41 Å². The molecule has 1 aliphatic carbocycles. The Balaban J connectivity index is 2.23. The van der Waals surface area contributed by atoms with Gasteiger partial charge in [-0.25, -0.2) is 0 Å². The zero-order chi connectivity index (χ0) is 9.97. The molecule has 70 valence electrons. The van der Waals surface area contributed by atoms with Crippen molar-refractivity contribution in [1.29, 1.82) is 5.26 Å². The molecule has 0 heterocycles. The van der Waals surface area contributed by atoms with Crippen molar-refractivity contribution in [2.45, 2.75) is 18.9 Å². The number of fused-ring (bicyclic) bond motifs is 1. The average molecular weight is 186 g/mol. The minimum Gasteiger partial charge on any atom is -0.355 e. The van der Waals surface area contributed by atoms with Crippen LogP contribution in [0.15, 0.2) is 18.2 Å². The van der Waals surface area contributed by atoms with Gasteiger partial charge in [0.05, 0.1) is 11.6 Å². The number of carbonyl (C=O) groups is 1. The number of nitrogens with one attached hydrogen (secondary N) is 1. The summed E-state index contributed by atoms with van der Waals surface area (Å²) >= 11 is 0. The molecule has 0 fully saturated rings. The van der Waals surface area contributed by atoms with Crippen molar-refractivity contribution in [3.63, 3.8) is 0 Å². The van der Waals surface area contributed by atoms with Crippen molar-refractivity contribution in [3.05, 3.63) is 34.9 Å². The van der Waals surface area contributed by atoms with Gasteiger partial charge in [-0.1, -0.05) is 6.07 Å². The lowest BCUT2D eigenvalue weighted by molar-refractivity contribution is -0.110. The normalized spacial score (nSPS) is 18.4. The first-order chi connectivity index (χ1) is 6.83. The standard InChI is InChI=1S/C11H10N2O/c12-6-8-1-2-9-4-11(13-7-14)5-10(9)3-8/h1-3,7,11H,4-5H2,(H,13,14). The first-order valence-electron chi connectivity index (χ1n) is 4.55. The highest BCUT2D eigenvalue weighted by Gasteiger charge is 2.20. The van der Waals surface area contributed by atoms with Crippen molar-refractivity contribution in [1.82, 2.24) is 5.32 Å². The number of benzene rings is 1. The van der Waals surface area contributed by atoms with Crippen LogP contribution in [-0.4, -0.2) is 12.5 Å². The van der Waals surface area contributed by atoms with E-state index in [-0.39, 0.29) is 6.04 Å². The zero-order valence-electron chi connectivity index (χ0n) is 7.66. The van der Waals surface area contributed by atoms with Gasteiger partial charge in [-0.05, 0) is 36.1 Å². The Labute approximate surface area is 82.4 Å². The van der Waals surface area contributed by atoms with Gasteiger partial charge >= 0.3 is 0 Å². The van der Waals surface area contributed by atoms with Gasteiger partial charge in [-0.15, -0.1) is 0 Å². The highest BCUT2D eigenvalue weighted by atomic mass is 16.1. The van der Waals surface area contributed by atoms with Crippen LogP contribution in [0.2, 0.25) is 0 Å². The van der Waals surface area contributed by atoms with Crippen LogP contribution in [0.3, 0.4) is 0 Å². The molecule has 0 saturated carbocycles. The maximum atomic E-state index is 10.3. The molecule has 0 saturated heterocycles. The van der Waals surface area contributed by atoms with Gasteiger partial charge in [0.15, 0.2) is 0 Å². The number of carbonyl (C=O) groups excluding carboxylic acids is 1. The van der Waals surface area contributed by atoms with E-state index in [1.807, 2.05) is 18.2 Å². The first kappa shape index (κ1) is 8.76. The second-order valence-corrected chi connectivity index (χ2v) is 3.48. The van der Waals surface area contributed by atoms with E-state index in [4.69, 9.17) is 5.26 Å². The van der Waals surface area contributed by atoms with E-state index in [0.29, 0.717) is 5.56 Å². The fraction of sp³-hybridized carbons (Fsp3) is 0.273. The number of amides is 1. The molecule has 1 amide bonds. The number of hydrogen-bond donors (Lipinski definition) is 1. The average Bonchev–Trinajstić information content (AvgIpc) is 2.59. The Hall–Kier alpha value is -1.82. The van der Waals surface area contributed by atoms with E-state index in [2.05, 4.69) is 11.4 Å². The van der Waals surface area contributed by atoms with Crippen LogP contribution >= 0.6 is 0 Å². The van der Waals surface area contributed by atoms with Gasteiger partial charge in [0, 0.05) is 6.04 Å². The maximum absolute atomic E-state index is 10.3. The summed E-state index contributed by atoms with van der Waals surface area (Å²) in [5.74, 6) is 0. The highest BCUT2D eigenvalue weighted by Crippen LogP contribution is 2.22. The molecule has 0 bridgehead atoms. The van der Waals surface area contributed by atoms with E-state index in [1.165, 1.54) is 11.1 Å². The lowest BCUT2D eigenvalue weighted by Crippen LogP contribution is -2.27. The number of nitriles is 1. The van der Waals surface area contributed by atoms with E-state index in [9.17, 15) is 4.79 Å². The number of nitrogens with zero attached hydrogens (tertiary/aromatic N) is 1. The second kappa shape index (κ2) is 3.51. The molecule has 1 aliphatic rings. The van der Waals surface area contributed by atoms with Gasteiger partial charge in [0.1, 0.15) is 0 Å². The molecule has 1 N–H and O–H groups in total. The molecule has 1 aromatic rings. The van der Waals surface area contributed by atoms with Crippen LogP contribution in [0.5, 0.6) is 0 Å². The SMILES string of the molecule is N#Cc1ccc2c(c1)CC(NC=O)C2. The Morgan fingerprint density at radius 3 is 2.93 bits per heavy atom. The van der Waals surface area contributed by atoms with Gasteiger partial charge in [-0.2, -0.15) is 5.26 Å². The minimum absolute atomic E-state index is 0.205. The topological polar surface area (TPSA) is 52.9 Å². The van der Waals surface area contributed by atoms with Crippen molar-refractivity contribution in [2.75, 3.05) is 0 Å². The van der Waals surface area contributed by atoms with Crippen molar-refractivity contribution < 1.29 is 4.79 Å². The summed E-state index contributed by atoms with van der Waals surface area (Å²) < 4.78 is 0. The minimum atomic E-state index is 0.205. The Morgan fingerprint density at radius 2 is 2.21 bits per heavy atom. The van der Waals surface area contributed by atoms with Gasteiger partial charge in [0.2, 0.25) is 6.41 Å². The molecule has 0 radical (unpaired) electrons. The van der Waals surface area contributed by atoms with Gasteiger partial charge in [-0.3, -0.25) is 4.79 Å². The summed E-state index contributed by atoms with van der Waals surface area (Å²) in [4.78, 5) is 10.3. The maximum Gasteiger partial charge on any atom is 0.207 e. The fourth-order valence-corrected chi connectivity index (χ4v) is 1.90. The lowest BCUT2D eigenvalue weighted by atomic mass is 10.1. The smallest absolute Gasteiger partial charge is 0.207 e. The summed E-state index contributed by atoms with van der Waals surface area (Å²) in [5, 5.41) is 11.5. The molecule has 2 rings (SSSR count). The summed E-state index contributed by atoms with van der Waals surface area (Å²) in [6, 6.07) is 8.02. The van der Waals surface area contributed by atoms with Crippen LogP contribution in [0, 0.1) is 11.3 Å². The number of hydrogen-bond acceptors (Lipinski definition) is 2. The third-order valence-corrected chi connectivity index (χ3v) is 2.57. The second-order valence-electron chi connectivity index (χ2n) is 3.48. The van der Waals surface area contributed by atoms with E-state index in [0.717, 1.165) is 19.3 Å². The van der Waals surface area contributed by atoms with Crippen molar-refractivity contribution in [2.24, 2.45) is 0 Å². The van der Waals surface area contributed by atoms with Crippen LogP contribution in [-0.2, 0) is 17.6 Å². The Bertz CT molecular complexity index is 406. The molecule has 3 heteroatoms. The molecule has 1 unspecified atom stereocenters. The summed E-state index contributed by atoms with van der Waals surface area (Å²) in [6.07, 6.45) is 2.45. The zero-order valence-corrected chi connectivity index (χ0v) is 7.66. The molecule has 0 aromatic heterocycles. The van der Waals surface area contributed by atoms with Crippen molar-refractivity contribution in [3.8, 4) is 6.07 Å². The molecule has 14 heavy (non-hydrogen) atoms. The largest absolute Gasteiger partial charge is 0.355 e. The van der Waals surface area contributed by atoms with Crippen LogP contribution in [0.1, 0.15) is 16.7 Å². The van der Waals surface area contributed by atoms with E-state index >= 15 is 0 Å². The van der Waals surface area contributed by atoms with Gasteiger partial charge < -0.3 is 5.32 Å². The van der Waals surface area contributed by atoms with E-state index in [1.54, 1.807) is 0 Å². The third-order valence-electron chi connectivity index (χ3n) is 2.57. The Morgan fingerprint density at radius 1 is 1.43 bits per heavy atom. The third kappa shape index (κ3) is 1.47. The quantitative estimate of drug-likeness (QED) is 0.693. The molecule has 3 nitrogen and oxygen atoms in total. The molecule has 1 aromatic carbocycles. The van der Waals surface area contributed by atoms with Crippen LogP contribution in [0.4, 0.5) is 0 Å². The highest BCUT2D eigenvalue weighted by molar-refractivity contribution is 5.49. The first-order valence-corrected chi connectivity index (χ1v) is 4.55. The van der Waals surface area contributed by atoms with Crippen LogP contribution in [0.25, 0.3) is 0 Å². The summed E-state index contributed by atoms with van der Waals surface area (Å²) in [6.45, 7) is 0.